The van der Waals surface area contributed by atoms with Gasteiger partial charge in [-0.15, -0.1) is 11.3 Å². The lowest BCUT2D eigenvalue weighted by Gasteiger charge is -2.32. The van der Waals surface area contributed by atoms with E-state index in [1.165, 1.54) is 20.0 Å². The average Bonchev–Trinajstić information content (AvgIpc) is 2.98. The molecule has 1 fully saturated rings. The third-order valence-corrected chi connectivity index (χ3v) is 6.70. The number of nitrogens with two attached hydrogens (primary N) is 1. The SMILES string of the molecule is CC(O)C1CCN(S(=O)(=O)c2c(N)nc3sccn23)CC1. The second kappa shape index (κ2) is 5.24. The van der Waals surface area contributed by atoms with Crippen LogP contribution in [-0.2, 0) is 10.0 Å². The number of fused-ring (bicyclic) bond motifs is 1. The van der Waals surface area contributed by atoms with Crippen molar-refractivity contribution < 1.29 is 13.5 Å². The Kier molecular flexibility index (Phi) is 3.68. The first-order valence-corrected chi connectivity index (χ1v) is 9.12. The van der Waals surface area contributed by atoms with Crippen molar-refractivity contribution in [2.75, 3.05) is 18.8 Å². The standard InChI is InChI=1S/C12H18N4O3S2/c1-8(17)9-2-4-15(5-3-9)21(18,19)11-10(13)14-12-16(11)6-7-20-12/h6-9,17H,2-5,13H2,1H3. The Hall–Kier alpha value is -1.16. The number of imidazole rings is 1. The van der Waals surface area contributed by atoms with Gasteiger partial charge in [-0.2, -0.15) is 4.31 Å². The van der Waals surface area contributed by atoms with Gasteiger partial charge < -0.3 is 10.8 Å². The molecular weight excluding hydrogens is 312 g/mol. The minimum Gasteiger partial charge on any atom is -0.393 e. The molecule has 0 spiro atoms. The Balaban J connectivity index is 1.91. The van der Waals surface area contributed by atoms with Crippen molar-refractivity contribution in [1.29, 1.82) is 0 Å². The van der Waals surface area contributed by atoms with E-state index in [2.05, 4.69) is 4.98 Å². The van der Waals surface area contributed by atoms with E-state index >= 15 is 0 Å². The van der Waals surface area contributed by atoms with Gasteiger partial charge in [-0.3, -0.25) is 4.40 Å². The summed E-state index contributed by atoms with van der Waals surface area (Å²) in [7, 11) is -3.66. The van der Waals surface area contributed by atoms with Gasteiger partial charge >= 0.3 is 0 Å². The number of nitrogens with zero attached hydrogens (tertiary/aromatic N) is 3. The lowest BCUT2D eigenvalue weighted by molar-refractivity contribution is 0.0911. The normalized spacial score (nSPS) is 20.1. The average molecular weight is 330 g/mol. The summed E-state index contributed by atoms with van der Waals surface area (Å²) in [5.74, 6) is 0.194. The van der Waals surface area contributed by atoms with E-state index in [4.69, 9.17) is 5.73 Å². The maximum atomic E-state index is 12.8. The summed E-state index contributed by atoms with van der Waals surface area (Å²) in [4.78, 5) is 4.66. The Labute approximate surface area is 127 Å². The summed E-state index contributed by atoms with van der Waals surface area (Å²) >= 11 is 1.35. The minimum atomic E-state index is -3.66. The molecule has 1 aliphatic heterocycles. The molecule has 1 unspecified atom stereocenters. The molecule has 7 nitrogen and oxygen atoms in total. The fourth-order valence-corrected chi connectivity index (χ4v) is 5.18. The van der Waals surface area contributed by atoms with Crippen LogP contribution in [0, 0.1) is 5.92 Å². The maximum absolute atomic E-state index is 12.8. The first-order valence-electron chi connectivity index (χ1n) is 6.80. The first-order chi connectivity index (χ1) is 9.91. The quantitative estimate of drug-likeness (QED) is 0.865. The van der Waals surface area contributed by atoms with Crippen molar-refractivity contribution in [3.05, 3.63) is 11.6 Å². The molecule has 1 saturated heterocycles. The summed E-state index contributed by atoms with van der Waals surface area (Å²) < 4.78 is 28.5. The van der Waals surface area contributed by atoms with Crippen LogP contribution in [0.5, 0.6) is 0 Å². The van der Waals surface area contributed by atoms with Crippen LogP contribution in [0.1, 0.15) is 19.8 Å². The number of aliphatic hydroxyl groups is 1. The summed E-state index contributed by atoms with van der Waals surface area (Å²) in [6, 6.07) is 0. The van der Waals surface area contributed by atoms with Crippen molar-refractivity contribution in [3.8, 4) is 0 Å². The van der Waals surface area contributed by atoms with Gasteiger partial charge in [0, 0.05) is 24.7 Å². The topological polar surface area (TPSA) is 101 Å². The van der Waals surface area contributed by atoms with Crippen LogP contribution in [0.3, 0.4) is 0 Å². The zero-order valence-corrected chi connectivity index (χ0v) is 13.3. The summed E-state index contributed by atoms with van der Waals surface area (Å²) in [6.07, 6.45) is 2.57. The fourth-order valence-electron chi connectivity index (χ4n) is 2.76. The molecule has 0 saturated carbocycles. The lowest BCUT2D eigenvalue weighted by atomic mass is 9.93. The summed E-state index contributed by atoms with van der Waals surface area (Å²) in [5, 5.41) is 11.4. The maximum Gasteiger partial charge on any atom is 0.262 e. The van der Waals surface area contributed by atoms with E-state index in [9.17, 15) is 13.5 Å². The molecule has 0 amide bonds. The molecule has 2 aromatic rings. The molecule has 3 N–H and O–H groups in total. The number of nitrogen functional groups attached to an aromatic ring is 1. The van der Waals surface area contributed by atoms with E-state index in [1.54, 1.807) is 18.5 Å². The second-order valence-corrected chi connectivity index (χ2v) is 8.07. The highest BCUT2D eigenvalue weighted by atomic mass is 32.2. The number of piperidine rings is 1. The molecule has 116 valence electrons. The van der Waals surface area contributed by atoms with E-state index in [-0.39, 0.29) is 16.8 Å². The highest BCUT2D eigenvalue weighted by Crippen LogP contribution is 2.29. The number of aliphatic hydroxyl groups excluding tert-OH is 1. The number of thiazole rings is 1. The van der Waals surface area contributed by atoms with Crippen LogP contribution in [0.25, 0.3) is 4.96 Å². The largest absolute Gasteiger partial charge is 0.393 e. The van der Waals surface area contributed by atoms with Crippen molar-refractivity contribution in [1.82, 2.24) is 13.7 Å². The molecule has 3 rings (SSSR count). The summed E-state index contributed by atoms with van der Waals surface area (Å²) in [6.45, 7) is 2.54. The molecule has 0 aromatic carbocycles. The highest BCUT2D eigenvalue weighted by Gasteiger charge is 2.34. The van der Waals surface area contributed by atoms with Crippen LogP contribution < -0.4 is 5.73 Å². The van der Waals surface area contributed by atoms with Gasteiger partial charge in [0.1, 0.15) is 0 Å². The molecule has 9 heteroatoms. The Morgan fingerprint density at radius 3 is 2.76 bits per heavy atom. The number of anilines is 1. The predicted molar refractivity (Wildman–Crippen MR) is 80.6 cm³/mol. The molecule has 2 aromatic heterocycles. The zero-order valence-electron chi connectivity index (χ0n) is 11.6. The fraction of sp³-hybridized carbons (Fsp3) is 0.583. The highest BCUT2D eigenvalue weighted by molar-refractivity contribution is 7.89. The third-order valence-electron chi connectivity index (χ3n) is 4.01. The van der Waals surface area contributed by atoms with Crippen LogP contribution in [-0.4, -0.2) is 46.4 Å². The molecule has 1 aliphatic rings. The van der Waals surface area contributed by atoms with Gasteiger partial charge in [0.25, 0.3) is 10.0 Å². The third kappa shape index (κ3) is 2.44. The molecule has 0 radical (unpaired) electrons. The van der Waals surface area contributed by atoms with Crippen molar-refractivity contribution in [2.45, 2.75) is 30.9 Å². The van der Waals surface area contributed by atoms with Gasteiger partial charge in [-0.1, -0.05) is 0 Å². The molecule has 21 heavy (non-hydrogen) atoms. The number of hydrogen-bond donors (Lipinski definition) is 2. The smallest absolute Gasteiger partial charge is 0.262 e. The Bertz CT molecular complexity index is 742. The van der Waals surface area contributed by atoms with Crippen LogP contribution in [0.15, 0.2) is 16.6 Å². The van der Waals surface area contributed by atoms with Gasteiger partial charge in [0.15, 0.2) is 15.8 Å². The number of aromatic nitrogens is 2. The van der Waals surface area contributed by atoms with Crippen molar-refractivity contribution >= 4 is 32.1 Å². The Morgan fingerprint density at radius 2 is 2.14 bits per heavy atom. The Morgan fingerprint density at radius 1 is 1.48 bits per heavy atom. The molecule has 0 aliphatic carbocycles. The predicted octanol–water partition coefficient (Wildman–Crippen LogP) is 0.760. The lowest BCUT2D eigenvalue weighted by Crippen LogP contribution is -2.41. The minimum absolute atomic E-state index is 0.0412. The van der Waals surface area contributed by atoms with Gasteiger partial charge in [-0.25, -0.2) is 13.4 Å². The van der Waals surface area contributed by atoms with Crippen molar-refractivity contribution in [2.24, 2.45) is 5.92 Å². The van der Waals surface area contributed by atoms with Gasteiger partial charge in [0.2, 0.25) is 0 Å². The number of rotatable bonds is 3. The van der Waals surface area contributed by atoms with E-state index in [1.807, 2.05) is 0 Å². The van der Waals surface area contributed by atoms with E-state index in [0.29, 0.717) is 30.9 Å². The van der Waals surface area contributed by atoms with Crippen LogP contribution in [0.2, 0.25) is 0 Å². The molecule has 0 bridgehead atoms. The number of sulfonamides is 1. The summed E-state index contributed by atoms with van der Waals surface area (Å²) in [5.41, 5.74) is 5.79. The molecule has 1 atom stereocenters. The van der Waals surface area contributed by atoms with E-state index < -0.39 is 16.1 Å². The zero-order chi connectivity index (χ0) is 15.2. The monoisotopic (exact) mass is 330 g/mol. The van der Waals surface area contributed by atoms with Gasteiger partial charge in [-0.05, 0) is 25.7 Å². The first kappa shape index (κ1) is 14.8. The second-order valence-electron chi connectivity index (χ2n) is 5.34. The van der Waals surface area contributed by atoms with Crippen molar-refractivity contribution in [3.63, 3.8) is 0 Å². The van der Waals surface area contributed by atoms with Crippen LogP contribution in [0.4, 0.5) is 5.82 Å². The van der Waals surface area contributed by atoms with E-state index in [0.717, 1.165) is 0 Å². The number of hydrogen-bond acceptors (Lipinski definition) is 6. The van der Waals surface area contributed by atoms with Gasteiger partial charge in [0.05, 0.1) is 6.10 Å². The van der Waals surface area contributed by atoms with Crippen LogP contribution >= 0.6 is 11.3 Å². The molecule has 3 heterocycles. The molecular formula is C12H18N4O3S2.